The standard InChI is InChI=1S/C9H14N4OS/c1-6(14)12-3-4-13-7(5-12)8(10)9(11-13)15-2/h3-5,10H2,1-2H3. The smallest absolute Gasteiger partial charge is 0.219 e. The normalized spacial score (nSPS) is 15.2. The van der Waals surface area contributed by atoms with Crippen LogP contribution in [0.2, 0.25) is 0 Å². The Morgan fingerprint density at radius 2 is 2.27 bits per heavy atom. The van der Waals surface area contributed by atoms with Gasteiger partial charge in [-0.15, -0.1) is 11.8 Å². The van der Waals surface area contributed by atoms with E-state index in [2.05, 4.69) is 5.10 Å². The molecule has 1 aromatic heterocycles. The lowest BCUT2D eigenvalue weighted by Gasteiger charge is -2.26. The van der Waals surface area contributed by atoms with Crippen LogP contribution in [0.15, 0.2) is 5.03 Å². The van der Waals surface area contributed by atoms with E-state index >= 15 is 0 Å². The molecule has 1 amide bonds. The van der Waals surface area contributed by atoms with Crippen LogP contribution in [-0.2, 0) is 17.9 Å². The highest BCUT2D eigenvalue weighted by molar-refractivity contribution is 7.98. The third-order valence-electron chi connectivity index (χ3n) is 2.63. The van der Waals surface area contributed by atoms with Gasteiger partial charge >= 0.3 is 0 Å². The van der Waals surface area contributed by atoms with Crippen molar-refractivity contribution in [3.05, 3.63) is 5.69 Å². The molecule has 82 valence electrons. The molecular formula is C9H14N4OS. The van der Waals surface area contributed by atoms with Crippen molar-refractivity contribution in [2.24, 2.45) is 0 Å². The molecule has 2 rings (SSSR count). The highest BCUT2D eigenvalue weighted by Crippen LogP contribution is 2.28. The van der Waals surface area contributed by atoms with E-state index in [4.69, 9.17) is 5.73 Å². The number of hydrogen-bond donors (Lipinski definition) is 1. The molecule has 0 aliphatic carbocycles. The Hall–Kier alpha value is -1.17. The van der Waals surface area contributed by atoms with E-state index < -0.39 is 0 Å². The van der Waals surface area contributed by atoms with Gasteiger partial charge in [0.05, 0.1) is 24.5 Å². The summed E-state index contributed by atoms with van der Waals surface area (Å²) in [6.07, 6.45) is 1.95. The van der Waals surface area contributed by atoms with Gasteiger partial charge in [-0.3, -0.25) is 9.48 Å². The third kappa shape index (κ3) is 1.69. The Balaban J connectivity index is 2.32. The molecule has 0 spiro atoms. The van der Waals surface area contributed by atoms with E-state index in [1.54, 1.807) is 11.8 Å². The van der Waals surface area contributed by atoms with E-state index in [0.717, 1.165) is 23.8 Å². The van der Waals surface area contributed by atoms with Gasteiger partial charge in [0.1, 0.15) is 5.03 Å². The van der Waals surface area contributed by atoms with Crippen LogP contribution >= 0.6 is 11.8 Å². The second-order valence-electron chi connectivity index (χ2n) is 3.53. The molecule has 0 saturated carbocycles. The average Bonchev–Trinajstić information content (AvgIpc) is 2.55. The van der Waals surface area contributed by atoms with E-state index in [-0.39, 0.29) is 5.91 Å². The van der Waals surface area contributed by atoms with Crippen LogP contribution < -0.4 is 5.73 Å². The number of hydrogen-bond acceptors (Lipinski definition) is 4. The highest BCUT2D eigenvalue weighted by Gasteiger charge is 2.23. The number of fused-ring (bicyclic) bond motifs is 1. The van der Waals surface area contributed by atoms with Crippen LogP contribution in [0, 0.1) is 0 Å². The Morgan fingerprint density at radius 3 is 2.87 bits per heavy atom. The Bertz CT molecular complexity index is 401. The molecule has 2 N–H and O–H groups in total. The molecule has 1 aliphatic heterocycles. The molecule has 0 fully saturated rings. The maximum atomic E-state index is 11.2. The SMILES string of the molecule is CSc1nn2c(c1N)CN(C(C)=O)CC2. The topological polar surface area (TPSA) is 64.2 Å². The van der Waals surface area contributed by atoms with Gasteiger partial charge in [0.15, 0.2) is 0 Å². The minimum Gasteiger partial charge on any atom is -0.395 e. The van der Waals surface area contributed by atoms with Crippen LogP contribution in [0.4, 0.5) is 5.69 Å². The number of aromatic nitrogens is 2. The monoisotopic (exact) mass is 226 g/mol. The van der Waals surface area contributed by atoms with E-state index in [9.17, 15) is 4.79 Å². The summed E-state index contributed by atoms with van der Waals surface area (Å²) in [5.41, 5.74) is 7.63. The number of amides is 1. The molecule has 1 aromatic rings. The summed E-state index contributed by atoms with van der Waals surface area (Å²) < 4.78 is 1.90. The number of nitrogens with two attached hydrogens (primary N) is 1. The van der Waals surface area contributed by atoms with Crippen LogP contribution in [0.25, 0.3) is 0 Å². The number of nitrogens with zero attached hydrogens (tertiary/aromatic N) is 3. The lowest BCUT2D eigenvalue weighted by atomic mass is 10.3. The summed E-state index contributed by atoms with van der Waals surface area (Å²) in [7, 11) is 0. The fourth-order valence-corrected chi connectivity index (χ4v) is 2.25. The van der Waals surface area contributed by atoms with E-state index in [1.165, 1.54) is 11.8 Å². The first-order valence-electron chi connectivity index (χ1n) is 4.78. The fraction of sp³-hybridized carbons (Fsp3) is 0.556. The zero-order valence-electron chi connectivity index (χ0n) is 8.86. The van der Waals surface area contributed by atoms with Crippen molar-refractivity contribution in [3.8, 4) is 0 Å². The lowest BCUT2D eigenvalue weighted by Crippen LogP contribution is -2.37. The summed E-state index contributed by atoms with van der Waals surface area (Å²) in [5.74, 6) is 0.0903. The number of anilines is 1. The van der Waals surface area contributed by atoms with Crippen molar-refractivity contribution in [1.29, 1.82) is 0 Å². The van der Waals surface area contributed by atoms with Crippen molar-refractivity contribution in [3.63, 3.8) is 0 Å². The molecule has 15 heavy (non-hydrogen) atoms. The van der Waals surface area contributed by atoms with Gasteiger partial charge < -0.3 is 10.6 Å². The first-order valence-corrected chi connectivity index (χ1v) is 6.00. The lowest BCUT2D eigenvalue weighted by molar-refractivity contribution is -0.130. The van der Waals surface area contributed by atoms with Crippen LogP contribution in [0.1, 0.15) is 12.6 Å². The number of rotatable bonds is 1. The zero-order chi connectivity index (χ0) is 11.0. The van der Waals surface area contributed by atoms with Gasteiger partial charge in [0.25, 0.3) is 0 Å². The minimum atomic E-state index is 0.0903. The van der Waals surface area contributed by atoms with Crippen molar-refractivity contribution < 1.29 is 4.79 Å². The second-order valence-corrected chi connectivity index (χ2v) is 4.33. The first kappa shape index (κ1) is 10.4. The number of thioether (sulfide) groups is 1. The summed E-state index contributed by atoms with van der Waals surface area (Å²) in [6.45, 7) is 3.61. The quantitative estimate of drug-likeness (QED) is 0.710. The van der Waals surface area contributed by atoms with Crippen molar-refractivity contribution in [2.45, 2.75) is 25.0 Å². The van der Waals surface area contributed by atoms with Crippen molar-refractivity contribution in [2.75, 3.05) is 18.5 Å². The van der Waals surface area contributed by atoms with Gasteiger partial charge in [0.2, 0.25) is 5.91 Å². The van der Waals surface area contributed by atoms with Gasteiger partial charge in [-0.05, 0) is 6.26 Å². The van der Waals surface area contributed by atoms with Gasteiger partial charge in [-0.2, -0.15) is 5.10 Å². The summed E-state index contributed by atoms with van der Waals surface area (Å²) in [4.78, 5) is 13.0. The number of nitrogen functional groups attached to an aromatic ring is 1. The first-order chi connectivity index (χ1) is 7.13. The van der Waals surface area contributed by atoms with Crippen molar-refractivity contribution >= 4 is 23.4 Å². The predicted octanol–water partition coefficient (Wildman–Crippen LogP) is 0.549. The van der Waals surface area contributed by atoms with E-state index in [0.29, 0.717) is 12.2 Å². The zero-order valence-corrected chi connectivity index (χ0v) is 9.67. The molecule has 1 aliphatic rings. The van der Waals surface area contributed by atoms with E-state index in [1.807, 2.05) is 10.9 Å². The number of carbonyl (C=O) groups is 1. The Kier molecular flexibility index (Phi) is 2.60. The van der Waals surface area contributed by atoms with Gasteiger partial charge in [-0.25, -0.2) is 0 Å². The summed E-state index contributed by atoms with van der Waals surface area (Å²) in [5, 5.41) is 5.24. The Morgan fingerprint density at radius 1 is 1.53 bits per heavy atom. The highest BCUT2D eigenvalue weighted by atomic mass is 32.2. The minimum absolute atomic E-state index is 0.0903. The molecule has 0 aromatic carbocycles. The average molecular weight is 226 g/mol. The molecule has 0 bridgehead atoms. The number of carbonyl (C=O) groups excluding carboxylic acids is 1. The largest absolute Gasteiger partial charge is 0.395 e. The van der Waals surface area contributed by atoms with Gasteiger partial charge in [-0.1, -0.05) is 0 Å². The molecular weight excluding hydrogens is 212 g/mol. The predicted molar refractivity (Wildman–Crippen MR) is 59.5 cm³/mol. The van der Waals surface area contributed by atoms with Crippen LogP contribution in [0.5, 0.6) is 0 Å². The maximum Gasteiger partial charge on any atom is 0.219 e. The van der Waals surface area contributed by atoms with Gasteiger partial charge in [0, 0.05) is 13.5 Å². The van der Waals surface area contributed by atoms with Crippen molar-refractivity contribution in [1.82, 2.24) is 14.7 Å². The molecule has 0 radical (unpaired) electrons. The molecule has 2 heterocycles. The maximum absolute atomic E-state index is 11.2. The molecule has 0 unspecified atom stereocenters. The third-order valence-corrected chi connectivity index (χ3v) is 3.31. The summed E-state index contributed by atoms with van der Waals surface area (Å²) >= 11 is 1.54. The van der Waals surface area contributed by atoms with Crippen LogP contribution in [0.3, 0.4) is 0 Å². The fourth-order valence-electron chi connectivity index (χ4n) is 1.73. The Labute approximate surface area is 92.6 Å². The molecule has 6 heteroatoms. The molecule has 0 saturated heterocycles. The summed E-state index contributed by atoms with van der Waals surface area (Å²) in [6, 6.07) is 0. The molecule has 5 nitrogen and oxygen atoms in total. The van der Waals surface area contributed by atoms with Crippen LogP contribution in [-0.4, -0.2) is 33.4 Å². The second kappa shape index (κ2) is 3.77. The molecule has 0 atom stereocenters.